The van der Waals surface area contributed by atoms with Gasteiger partial charge in [0.15, 0.2) is 17.3 Å². The lowest BCUT2D eigenvalue weighted by Crippen LogP contribution is -2.45. The largest absolute Gasteiger partial charge is 0.481 e. The Kier molecular flexibility index (Phi) is 5.69. The van der Waals surface area contributed by atoms with Gasteiger partial charge >= 0.3 is 12.1 Å². The van der Waals surface area contributed by atoms with Crippen molar-refractivity contribution in [3.63, 3.8) is 0 Å². The number of pyridine rings is 1. The lowest BCUT2D eigenvalue weighted by molar-refractivity contribution is -0.152. The summed E-state index contributed by atoms with van der Waals surface area (Å²) in [6.07, 6.45) is 2.57. The Morgan fingerprint density at radius 1 is 1.16 bits per heavy atom. The standard InChI is InChI=1S/C25H23F4N7O2/c1-36-10-13(8-31-36)20-19(26)17(7-15-11-2-4-12(5-3-11)18(15)24(37)38)32-23(33-20)21-16-6-14(25(27,28)29)9-30-22(16)35-34-21/h6,8-12,15,18H,2-5,7H2,1H3,(H,37,38)(H,30,34,35). The average Bonchev–Trinajstić information content (AvgIpc) is 3.51. The van der Waals surface area contributed by atoms with Crippen LogP contribution in [0.3, 0.4) is 0 Å². The van der Waals surface area contributed by atoms with E-state index in [4.69, 9.17) is 0 Å². The maximum atomic E-state index is 16.0. The summed E-state index contributed by atoms with van der Waals surface area (Å²) < 4.78 is 57.6. The lowest BCUT2D eigenvalue weighted by Gasteiger charge is -2.46. The maximum absolute atomic E-state index is 16.0. The number of aliphatic carboxylic acids is 1. The minimum absolute atomic E-state index is 0.0142. The van der Waals surface area contributed by atoms with Crippen molar-refractivity contribution in [1.29, 1.82) is 0 Å². The first-order valence-electron chi connectivity index (χ1n) is 12.3. The van der Waals surface area contributed by atoms with Crippen molar-refractivity contribution < 1.29 is 27.5 Å². The van der Waals surface area contributed by atoms with Gasteiger partial charge in [0.1, 0.15) is 11.4 Å². The number of halogens is 4. The number of H-pyrrole nitrogens is 1. The highest BCUT2D eigenvalue weighted by molar-refractivity contribution is 5.89. The molecule has 3 aliphatic carbocycles. The topological polar surface area (TPSA) is 122 Å². The molecule has 3 saturated carbocycles. The van der Waals surface area contributed by atoms with Crippen LogP contribution in [0.1, 0.15) is 36.9 Å². The Morgan fingerprint density at radius 2 is 1.89 bits per heavy atom. The van der Waals surface area contributed by atoms with Crippen LogP contribution in [-0.4, -0.2) is 46.0 Å². The molecule has 0 spiro atoms. The summed E-state index contributed by atoms with van der Waals surface area (Å²) in [7, 11) is 1.66. The van der Waals surface area contributed by atoms with Crippen LogP contribution in [-0.2, 0) is 24.4 Å². The van der Waals surface area contributed by atoms with Crippen molar-refractivity contribution in [1.82, 2.24) is 34.9 Å². The van der Waals surface area contributed by atoms with E-state index in [0.717, 1.165) is 31.7 Å². The third-order valence-electron chi connectivity index (χ3n) is 7.96. The van der Waals surface area contributed by atoms with Crippen molar-refractivity contribution in [2.24, 2.45) is 30.7 Å². The first kappa shape index (κ1) is 24.4. The number of rotatable bonds is 5. The molecule has 9 nitrogen and oxygen atoms in total. The Bertz CT molecular complexity index is 1540. The predicted molar refractivity (Wildman–Crippen MR) is 126 cm³/mol. The van der Waals surface area contributed by atoms with Crippen LogP contribution < -0.4 is 0 Å². The summed E-state index contributed by atoms with van der Waals surface area (Å²) in [4.78, 5) is 24.8. The van der Waals surface area contributed by atoms with Gasteiger partial charge in [0.25, 0.3) is 0 Å². The minimum atomic E-state index is -4.63. The normalized spacial score (nSPS) is 23.3. The zero-order chi connectivity index (χ0) is 26.8. The molecule has 4 aromatic rings. The third-order valence-corrected chi connectivity index (χ3v) is 7.96. The number of nitrogens with zero attached hydrogens (tertiary/aromatic N) is 6. The van der Waals surface area contributed by atoms with E-state index in [1.165, 1.54) is 10.9 Å². The molecule has 4 heterocycles. The third kappa shape index (κ3) is 4.09. The molecule has 0 aliphatic heterocycles. The van der Waals surface area contributed by atoms with E-state index in [1.54, 1.807) is 13.2 Å². The number of hydrogen-bond donors (Lipinski definition) is 2. The predicted octanol–water partition coefficient (Wildman–Crippen LogP) is 4.65. The van der Waals surface area contributed by atoms with Gasteiger partial charge in [-0.15, -0.1) is 0 Å². The summed E-state index contributed by atoms with van der Waals surface area (Å²) in [5.41, 5.74) is -0.586. The van der Waals surface area contributed by atoms with Gasteiger partial charge < -0.3 is 5.11 Å². The fourth-order valence-corrected chi connectivity index (χ4v) is 6.18. The molecule has 7 rings (SSSR count). The molecule has 198 valence electrons. The van der Waals surface area contributed by atoms with Gasteiger partial charge in [-0.3, -0.25) is 14.6 Å². The number of aromatic nitrogens is 7. The highest BCUT2D eigenvalue weighted by atomic mass is 19.4. The number of alkyl halides is 3. The van der Waals surface area contributed by atoms with Gasteiger partial charge in [-0.2, -0.15) is 23.4 Å². The quantitative estimate of drug-likeness (QED) is 0.361. The fourth-order valence-electron chi connectivity index (χ4n) is 6.18. The van der Waals surface area contributed by atoms with E-state index in [9.17, 15) is 23.1 Å². The molecule has 2 atom stereocenters. The molecule has 2 bridgehead atoms. The van der Waals surface area contributed by atoms with Crippen molar-refractivity contribution in [3.05, 3.63) is 41.7 Å². The molecule has 3 aliphatic rings. The Morgan fingerprint density at radius 3 is 2.55 bits per heavy atom. The fraction of sp³-hybridized carbons (Fsp3) is 0.440. The molecule has 0 radical (unpaired) electrons. The molecule has 0 aromatic carbocycles. The Hall–Kier alpha value is -3.90. The molecule has 2 N–H and O–H groups in total. The summed E-state index contributed by atoms with van der Waals surface area (Å²) in [5, 5.41) is 20.7. The SMILES string of the molecule is Cn1cc(-c2nc(-c3[nH]nc4ncc(C(F)(F)F)cc34)nc(CC3C4CCC(CC4)C3C(=O)O)c2F)cn1. The second-order valence-corrected chi connectivity index (χ2v) is 10.2. The van der Waals surface area contributed by atoms with Crippen molar-refractivity contribution in [2.75, 3.05) is 0 Å². The highest BCUT2D eigenvalue weighted by Gasteiger charge is 2.47. The van der Waals surface area contributed by atoms with Gasteiger partial charge in [0.05, 0.1) is 28.8 Å². The number of carbonyl (C=O) groups is 1. The molecule has 0 amide bonds. The van der Waals surface area contributed by atoms with Crippen molar-refractivity contribution in [2.45, 2.75) is 38.3 Å². The van der Waals surface area contributed by atoms with E-state index < -0.39 is 29.4 Å². The van der Waals surface area contributed by atoms with Gasteiger partial charge in [-0.25, -0.2) is 19.3 Å². The first-order chi connectivity index (χ1) is 18.1. The molecule has 0 saturated heterocycles. The first-order valence-corrected chi connectivity index (χ1v) is 12.3. The lowest BCUT2D eigenvalue weighted by atomic mass is 9.57. The van der Waals surface area contributed by atoms with E-state index in [-0.39, 0.29) is 58.1 Å². The second kappa shape index (κ2) is 8.84. The molecular formula is C25H23F4N7O2. The van der Waals surface area contributed by atoms with Crippen LogP contribution in [0.2, 0.25) is 0 Å². The molecule has 2 unspecified atom stereocenters. The minimum Gasteiger partial charge on any atom is -0.481 e. The summed E-state index contributed by atoms with van der Waals surface area (Å²) in [6, 6.07) is 0.901. The molecule has 38 heavy (non-hydrogen) atoms. The number of nitrogens with one attached hydrogen (secondary N) is 1. The monoisotopic (exact) mass is 529 g/mol. The Balaban J connectivity index is 1.50. The smallest absolute Gasteiger partial charge is 0.417 e. The number of aromatic amines is 1. The zero-order valence-electron chi connectivity index (χ0n) is 20.2. The zero-order valence-corrected chi connectivity index (χ0v) is 20.2. The summed E-state index contributed by atoms with van der Waals surface area (Å²) in [6.45, 7) is 0. The number of hydrogen-bond acceptors (Lipinski definition) is 6. The summed E-state index contributed by atoms with van der Waals surface area (Å²) >= 11 is 0. The van der Waals surface area contributed by atoms with Gasteiger partial charge in [0.2, 0.25) is 0 Å². The number of fused-ring (bicyclic) bond motifs is 4. The molecular weight excluding hydrogens is 506 g/mol. The van der Waals surface area contributed by atoms with Gasteiger partial charge in [-0.1, -0.05) is 0 Å². The van der Waals surface area contributed by atoms with E-state index in [0.29, 0.717) is 11.8 Å². The number of aryl methyl sites for hydroxylation is 1. The Labute approximate surface area is 213 Å². The van der Waals surface area contributed by atoms with E-state index in [2.05, 4.69) is 30.2 Å². The molecule has 13 heteroatoms. The van der Waals surface area contributed by atoms with E-state index in [1.807, 2.05) is 0 Å². The van der Waals surface area contributed by atoms with E-state index >= 15 is 4.39 Å². The van der Waals surface area contributed by atoms with Crippen LogP contribution in [0.25, 0.3) is 33.8 Å². The van der Waals surface area contributed by atoms with Crippen LogP contribution >= 0.6 is 0 Å². The van der Waals surface area contributed by atoms with Crippen LogP contribution in [0.15, 0.2) is 24.7 Å². The van der Waals surface area contributed by atoms with Gasteiger partial charge in [0, 0.05) is 25.0 Å². The van der Waals surface area contributed by atoms with Crippen molar-refractivity contribution in [3.8, 4) is 22.8 Å². The molecule has 3 fully saturated rings. The van der Waals surface area contributed by atoms with Gasteiger partial charge in [-0.05, 0) is 55.9 Å². The second-order valence-electron chi connectivity index (χ2n) is 10.2. The molecule has 4 aromatic heterocycles. The maximum Gasteiger partial charge on any atom is 0.417 e. The van der Waals surface area contributed by atoms with Crippen LogP contribution in [0.4, 0.5) is 17.6 Å². The average molecular weight is 529 g/mol. The summed E-state index contributed by atoms with van der Waals surface area (Å²) in [5.74, 6) is -2.40. The number of carboxylic acids is 1. The van der Waals surface area contributed by atoms with Crippen LogP contribution in [0, 0.1) is 29.5 Å². The van der Waals surface area contributed by atoms with Crippen LogP contribution in [0.5, 0.6) is 0 Å². The highest BCUT2D eigenvalue weighted by Crippen LogP contribution is 2.50. The number of carboxylic acid groups (broad SMARTS) is 1. The van der Waals surface area contributed by atoms with Crippen molar-refractivity contribution >= 4 is 17.0 Å².